The number of carbonyl (C=O) groups is 2. The summed E-state index contributed by atoms with van der Waals surface area (Å²) in [6.07, 6.45) is 7.78. The molecule has 1 saturated heterocycles. The van der Waals surface area contributed by atoms with Crippen molar-refractivity contribution in [3.05, 3.63) is 57.8 Å². The van der Waals surface area contributed by atoms with Crippen molar-refractivity contribution >= 4 is 23.2 Å². The van der Waals surface area contributed by atoms with Gasteiger partial charge < -0.3 is 15.0 Å². The zero-order valence-corrected chi connectivity index (χ0v) is 19.7. The Hall–Kier alpha value is -2.18. The monoisotopic (exact) mass is 454 g/mol. The SMILES string of the molecule is Cc1ccc([C@H](C(=O)NC2CCCCC2)N(C[C@H]2CCCO2)C(=O)Cc2cccs2)cc1. The first-order chi connectivity index (χ1) is 15.6. The van der Waals surface area contributed by atoms with Gasteiger partial charge in [0.25, 0.3) is 0 Å². The average Bonchev–Trinajstić information content (AvgIpc) is 3.49. The minimum atomic E-state index is -0.644. The number of carbonyl (C=O) groups excluding carboxylic acids is 2. The van der Waals surface area contributed by atoms with E-state index in [1.54, 1.807) is 16.2 Å². The maximum Gasteiger partial charge on any atom is 0.247 e. The summed E-state index contributed by atoms with van der Waals surface area (Å²) in [6.45, 7) is 3.20. The van der Waals surface area contributed by atoms with Gasteiger partial charge in [-0.2, -0.15) is 0 Å². The molecule has 2 fully saturated rings. The van der Waals surface area contributed by atoms with Crippen molar-refractivity contribution < 1.29 is 14.3 Å². The number of hydrogen-bond acceptors (Lipinski definition) is 4. The van der Waals surface area contributed by atoms with E-state index in [1.807, 2.05) is 48.7 Å². The molecule has 1 aromatic heterocycles. The van der Waals surface area contributed by atoms with Crippen molar-refractivity contribution in [2.24, 2.45) is 0 Å². The number of amides is 2. The van der Waals surface area contributed by atoms with Crippen LogP contribution in [0.1, 0.15) is 67.0 Å². The zero-order valence-electron chi connectivity index (χ0n) is 18.9. The van der Waals surface area contributed by atoms with Crippen LogP contribution in [0.4, 0.5) is 0 Å². The van der Waals surface area contributed by atoms with Crippen LogP contribution in [0.25, 0.3) is 0 Å². The summed E-state index contributed by atoms with van der Waals surface area (Å²) in [5, 5.41) is 5.27. The number of aryl methyl sites for hydroxylation is 1. The van der Waals surface area contributed by atoms with Crippen LogP contribution in [-0.4, -0.2) is 42.0 Å². The van der Waals surface area contributed by atoms with Crippen LogP contribution in [0.3, 0.4) is 0 Å². The van der Waals surface area contributed by atoms with Gasteiger partial charge in [-0.1, -0.05) is 55.2 Å². The largest absolute Gasteiger partial charge is 0.376 e. The molecule has 0 spiro atoms. The highest BCUT2D eigenvalue weighted by Crippen LogP contribution is 2.27. The minimum absolute atomic E-state index is 0.0160. The summed E-state index contributed by atoms with van der Waals surface area (Å²) in [6, 6.07) is 11.5. The number of benzene rings is 1. The fourth-order valence-corrected chi connectivity index (χ4v) is 5.47. The molecular weight excluding hydrogens is 420 g/mol. The van der Waals surface area contributed by atoms with Crippen LogP contribution in [0.2, 0.25) is 0 Å². The first-order valence-corrected chi connectivity index (χ1v) is 12.8. The highest BCUT2D eigenvalue weighted by atomic mass is 32.1. The van der Waals surface area contributed by atoms with Crippen LogP contribution >= 0.6 is 11.3 Å². The first kappa shape index (κ1) is 23.0. The van der Waals surface area contributed by atoms with Gasteiger partial charge in [0, 0.05) is 24.1 Å². The van der Waals surface area contributed by atoms with Crippen molar-refractivity contribution in [3.63, 3.8) is 0 Å². The Morgan fingerprint density at radius 3 is 2.53 bits per heavy atom. The van der Waals surface area contributed by atoms with Gasteiger partial charge in [-0.3, -0.25) is 9.59 Å². The highest BCUT2D eigenvalue weighted by molar-refractivity contribution is 7.10. The summed E-state index contributed by atoms with van der Waals surface area (Å²) >= 11 is 1.58. The van der Waals surface area contributed by atoms with Gasteiger partial charge in [0.1, 0.15) is 6.04 Å². The van der Waals surface area contributed by atoms with Crippen molar-refractivity contribution in [1.82, 2.24) is 10.2 Å². The fraction of sp³-hybridized carbons (Fsp3) is 0.538. The molecule has 2 aliphatic rings. The van der Waals surface area contributed by atoms with Crippen LogP contribution in [0.15, 0.2) is 41.8 Å². The van der Waals surface area contributed by atoms with Crippen LogP contribution in [-0.2, 0) is 20.7 Å². The van der Waals surface area contributed by atoms with E-state index in [0.29, 0.717) is 13.0 Å². The molecular formula is C26H34N2O3S. The van der Waals surface area contributed by atoms with Gasteiger partial charge in [0.15, 0.2) is 0 Å². The number of thiophene rings is 1. The highest BCUT2D eigenvalue weighted by Gasteiger charge is 2.35. The van der Waals surface area contributed by atoms with E-state index < -0.39 is 6.04 Å². The second kappa shape index (κ2) is 11.1. The van der Waals surface area contributed by atoms with E-state index >= 15 is 0 Å². The first-order valence-electron chi connectivity index (χ1n) is 11.9. The minimum Gasteiger partial charge on any atom is -0.376 e. The molecule has 1 aliphatic heterocycles. The van der Waals surface area contributed by atoms with Gasteiger partial charge in [0.05, 0.1) is 12.5 Å². The fourth-order valence-electron chi connectivity index (χ4n) is 4.77. The molecule has 32 heavy (non-hydrogen) atoms. The lowest BCUT2D eigenvalue weighted by atomic mass is 9.94. The van der Waals surface area contributed by atoms with Crippen molar-refractivity contribution in [1.29, 1.82) is 0 Å². The molecule has 4 rings (SSSR count). The summed E-state index contributed by atoms with van der Waals surface area (Å²) in [5.74, 6) is -0.0920. The Morgan fingerprint density at radius 1 is 1.09 bits per heavy atom. The van der Waals surface area contributed by atoms with Crippen LogP contribution < -0.4 is 5.32 Å². The number of nitrogens with zero attached hydrogens (tertiary/aromatic N) is 1. The Kier molecular flexibility index (Phi) is 7.98. The second-order valence-corrected chi connectivity index (χ2v) is 10.1. The van der Waals surface area contributed by atoms with Crippen molar-refractivity contribution in [2.75, 3.05) is 13.2 Å². The molecule has 6 heteroatoms. The van der Waals surface area contributed by atoms with E-state index in [1.165, 1.54) is 6.42 Å². The molecule has 2 aromatic rings. The molecule has 0 radical (unpaired) electrons. The number of hydrogen-bond donors (Lipinski definition) is 1. The zero-order chi connectivity index (χ0) is 22.3. The van der Waals surface area contributed by atoms with E-state index in [4.69, 9.17) is 4.74 Å². The molecule has 0 bridgehead atoms. The molecule has 1 aliphatic carbocycles. The maximum absolute atomic E-state index is 13.7. The number of ether oxygens (including phenoxy) is 1. The smallest absolute Gasteiger partial charge is 0.247 e. The van der Waals surface area contributed by atoms with Crippen LogP contribution in [0, 0.1) is 6.92 Å². The summed E-state index contributed by atoms with van der Waals surface area (Å²) in [5.41, 5.74) is 2.00. The van der Waals surface area contributed by atoms with Crippen molar-refractivity contribution in [2.45, 2.75) is 76.5 Å². The Bertz CT molecular complexity index is 869. The summed E-state index contributed by atoms with van der Waals surface area (Å²) in [7, 11) is 0. The molecule has 0 unspecified atom stereocenters. The van der Waals surface area contributed by atoms with E-state index in [-0.39, 0.29) is 24.0 Å². The lowest BCUT2D eigenvalue weighted by molar-refractivity contribution is -0.142. The van der Waals surface area contributed by atoms with Crippen molar-refractivity contribution in [3.8, 4) is 0 Å². The Labute approximate surface area is 195 Å². The molecule has 2 atom stereocenters. The van der Waals surface area contributed by atoms with Gasteiger partial charge in [-0.15, -0.1) is 11.3 Å². The predicted molar refractivity (Wildman–Crippen MR) is 128 cm³/mol. The van der Waals surface area contributed by atoms with Gasteiger partial charge in [0.2, 0.25) is 11.8 Å². The number of rotatable bonds is 8. The quantitative estimate of drug-likeness (QED) is 0.623. The Morgan fingerprint density at radius 2 is 1.88 bits per heavy atom. The standard InChI is InChI=1S/C26H34N2O3S/c1-19-11-13-20(14-12-19)25(26(30)27-21-7-3-2-4-8-21)28(18-22-9-5-15-31-22)24(29)17-23-10-6-16-32-23/h6,10-14,16,21-22,25H,2-5,7-9,15,17-18H2,1H3,(H,27,30)/t22-,25-/m1/s1. The van der Waals surface area contributed by atoms with E-state index in [0.717, 1.165) is 61.1 Å². The Balaban J connectivity index is 1.62. The van der Waals surface area contributed by atoms with E-state index in [2.05, 4.69) is 5.32 Å². The maximum atomic E-state index is 13.7. The third kappa shape index (κ3) is 5.99. The molecule has 5 nitrogen and oxygen atoms in total. The third-order valence-electron chi connectivity index (χ3n) is 6.55. The lowest BCUT2D eigenvalue weighted by Crippen LogP contribution is -2.49. The average molecular weight is 455 g/mol. The molecule has 2 heterocycles. The molecule has 2 amide bonds. The van der Waals surface area contributed by atoms with E-state index in [9.17, 15) is 9.59 Å². The van der Waals surface area contributed by atoms with Gasteiger partial charge >= 0.3 is 0 Å². The molecule has 1 N–H and O–H groups in total. The lowest BCUT2D eigenvalue weighted by Gasteiger charge is -2.34. The molecule has 172 valence electrons. The molecule has 1 aromatic carbocycles. The second-order valence-electron chi connectivity index (χ2n) is 9.09. The number of nitrogens with one attached hydrogen (secondary N) is 1. The third-order valence-corrected chi connectivity index (χ3v) is 7.43. The normalized spacial score (nSPS) is 20.1. The summed E-state index contributed by atoms with van der Waals surface area (Å²) < 4.78 is 5.88. The predicted octanol–water partition coefficient (Wildman–Crippen LogP) is 4.80. The summed E-state index contributed by atoms with van der Waals surface area (Å²) in [4.78, 5) is 30.0. The van der Waals surface area contributed by atoms with Gasteiger partial charge in [-0.25, -0.2) is 0 Å². The van der Waals surface area contributed by atoms with Gasteiger partial charge in [-0.05, 0) is 49.6 Å². The topological polar surface area (TPSA) is 58.6 Å². The molecule has 1 saturated carbocycles. The van der Waals surface area contributed by atoms with Crippen LogP contribution in [0.5, 0.6) is 0 Å².